The highest BCUT2D eigenvalue weighted by molar-refractivity contribution is 4.54. The second-order valence-corrected chi connectivity index (χ2v) is 2.57. The Hall–Kier alpha value is -0.160. The molecule has 0 rings (SSSR count). The van der Waals surface area contributed by atoms with Gasteiger partial charge < -0.3 is 9.84 Å². The molecule has 11 heavy (non-hydrogen) atoms. The number of aliphatic hydroxyl groups excluding tert-OH is 1. The first-order chi connectivity index (χ1) is 5.16. The largest absolute Gasteiger partial charge is 0.389 e. The molecule has 0 radical (unpaired) electrons. The molecule has 0 bridgehead atoms. The van der Waals surface area contributed by atoms with Crippen molar-refractivity contribution in [2.45, 2.75) is 13.0 Å². The van der Waals surface area contributed by atoms with E-state index >= 15 is 0 Å². The van der Waals surface area contributed by atoms with Crippen LogP contribution in [0.5, 0.6) is 0 Å². The number of hydrogen-bond donors (Lipinski definition) is 2. The second-order valence-electron chi connectivity index (χ2n) is 2.57. The third kappa shape index (κ3) is 7.74. The van der Waals surface area contributed by atoms with E-state index in [-0.39, 0.29) is 0 Å². The minimum atomic E-state index is -0.419. The second kappa shape index (κ2) is 6.54. The number of rotatable bonds is 6. The van der Waals surface area contributed by atoms with Crippen molar-refractivity contribution in [2.24, 2.45) is 0 Å². The molecule has 1 unspecified atom stereocenters. The smallest absolute Gasteiger partial charge is 0.0911 e. The maximum absolute atomic E-state index is 9.22. The van der Waals surface area contributed by atoms with Gasteiger partial charge in [-0.05, 0) is 6.92 Å². The summed E-state index contributed by atoms with van der Waals surface area (Å²) in [5.74, 6) is 0. The van der Waals surface area contributed by atoms with Gasteiger partial charge in [-0.25, -0.2) is 0 Å². The number of hydrogen-bond acceptors (Lipinski definition) is 4. The van der Waals surface area contributed by atoms with Crippen LogP contribution in [0.15, 0.2) is 0 Å². The zero-order chi connectivity index (χ0) is 8.69. The van der Waals surface area contributed by atoms with Crippen LogP contribution in [-0.2, 0) is 4.74 Å². The van der Waals surface area contributed by atoms with Gasteiger partial charge in [-0.2, -0.15) is 0 Å². The Morgan fingerprint density at radius 2 is 2.18 bits per heavy atom. The average Bonchev–Trinajstić information content (AvgIpc) is 1.97. The number of nitrogens with zero attached hydrogens (tertiary/aromatic N) is 1. The summed E-state index contributed by atoms with van der Waals surface area (Å²) in [4.78, 5) is 0. The van der Waals surface area contributed by atoms with Crippen LogP contribution in [0.4, 0.5) is 0 Å². The van der Waals surface area contributed by atoms with Crippen molar-refractivity contribution in [3.63, 3.8) is 0 Å². The Balaban J connectivity index is 3.15. The van der Waals surface area contributed by atoms with Crippen LogP contribution in [0, 0.1) is 0 Å². The van der Waals surface area contributed by atoms with Crippen molar-refractivity contribution in [2.75, 3.05) is 33.9 Å². The summed E-state index contributed by atoms with van der Waals surface area (Å²) in [6.45, 7) is 3.50. The molecule has 1 atom stereocenters. The number of ether oxygens (including phenoxy) is 1. The molecule has 2 N–H and O–H groups in total. The fraction of sp³-hybridized carbons (Fsp3) is 1.00. The summed E-state index contributed by atoms with van der Waals surface area (Å²) >= 11 is 0. The Kier molecular flexibility index (Phi) is 6.45. The lowest BCUT2D eigenvalue weighted by molar-refractivity contribution is 0.0339. The van der Waals surface area contributed by atoms with Crippen molar-refractivity contribution in [3.05, 3.63) is 0 Å². The van der Waals surface area contributed by atoms with Gasteiger partial charge in [-0.3, -0.25) is 10.4 Å². The van der Waals surface area contributed by atoms with Crippen LogP contribution in [0.2, 0.25) is 0 Å². The molecule has 0 aromatic carbocycles. The zero-order valence-corrected chi connectivity index (χ0v) is 7.50. The van der Waals surface area contributed by atoms with Crippen molar-refractivity contribution in [3.8, 4) is 0 Å². The van der Waals surface area contributed by atoms with Gasteiger partial charge in [0.05, 0.1) is 12.7 Å². The third-order valence-electron chi connectivity index (χ3n) is 1.16. The van der Waals surface area contributed by atoms with Gasteiger partial charge in [-0.15, -0.1) is 0 Å². The molecular formula is C7H18N2O2. The number of nitrogens with one attached hydrogen (secondary N) is 1. The van der Waals surface area contributed by atoms with Gasteiger partial charge >= 0.3 is 0 Å². The highest BCUT2D eigenvalue weighted by Crippen LogP contribution is 1.83. The molecule has 0 fully saturated rings. The van der Waals surface area contributed by atoms with Crippen molar-refractivity contribution < 1.29 is 9.84 Å². The lowest BCUT2D eigenvalue weighted by atomic mass is 10.4. The summed E-state index contributed by atoms with van der Waals surface area (Å²) in [6.07, 6.45) is -0.419. The summed E-state index contributed by atoms with van der Waals surface area (Å²) in [6, 6.07) is 0. The molecular weight excluding hydrogens is 144 g/mol. The molecule has 0 aliphatic carbocycles. The van der Waals surface area contributed by atoms with E-state index in [2.05, 4.69) is 5.43 Å². The predicted molar refractivity (Wildman–Crippen MR) is 44.2 cm³/mol. The molecule has 0 aromatic rings. The molecule has 0 aromatic heterocycles. The fourth-order valence-corrected chi connectivity index (χ4v) is 0.601. The van der Waals surface area contributed by atoms with Crippen LogP contribution in [0.25, 0.3) is 0 Å². The van der Waals surface area contributed by atoms with Gasteiger partial charge in [0.1, 0.15) is 0 Å². The molecule has 0 aliphatic rings. The van der Waals surface area contributed by atoms with Crippen molar-refractivity contribution >= 4 is 0 Å². The Bertz CT molecular complexity index is 88.5. The molecule has 0 heterocycles. The lowest BCUT2D eigenvalue weighted by Gasteiger charge is -2.15. The van der Waals surface area contributed by atoms with Crippen molar-refractivity contribution in [1.82, 2.24) is 10.4 Å². The van der Waals surface area contributed by atoms with E-state index in [0.717, 1.165) is 0 Å². The number of hydrazine groups is 1. The Labute approximate surface area is 68.1 Å². The van der Waals surface area contributed by atoms with E-state index in [1.54, 1.807) is 5.01 Å². The molecule has 0 amide bonds. The summed E-state index contributed by atoms with van der Waals surface area (Å²) < 4.78 is 5.02. The Morgan fingerprint density at radius 1 is 1.55 bits per heavy atom. The first-order valence-electron chi connectivity index (χ1n) is 3.83. The van der Waals surface area contributed by atoms with E-state index in [1.165, 1.54) is 0 Å². The molecule has 0 spiro atoms. The maximum atomic E-state index is 9.22. The molecule has 4 heteroatoms. The lowest BCUT2D eigenvalue weighted by Crippen LogP contribution is -2.38. The maximum Gasteiger partial charge on any atom is 0.0911 e. The van der Waals surface area contributed by atoms with Gasteiger partial charge in [-0.1, -0.05) is 0 Å². The molecule has 0 aliphatic heterocycles. The van der Waals surface area contributed by atoms with E-state index < -0.39 is 6.10 Å². The first kappa shape index (κ1) is 10.8. The monoisotopic (exact) mass is 162 g/mol. The van der Waals surface area contributed by atoms with Gasteiger partial charge in [0.15, 0.2) is 0 Å². The van der Waals surface area contributed by atoms with E-state index in [1.807, 2.05) is 21.0 Å². The molecule has 0 saturated heterocycles. The van der Waals surface area contributed by atoms with Crippen molar-refractivity contribution in [1.29, 1.82) is 0 Å². The third-order valence-corrected chi connectivity index (χ3v) is 1.16. The molecule has 68 valence electrons. The summed E-state index contributed by atoms with van der Waals surface area (Å²) in [5, 5.41) is 11.0. The highest BCUT2D eigenvalue weighted by atomic mass is 16.5. The Morgan fingerprint density at radius 3 is 2.64 bits per heavy atom. The van der Waals surface area contributed by atoms with Crippen LogP contribution >= 0.6 is 0 Å². The zero-order valence-electron chi connectivity index (χ0n) is 7.50. The summed E-state index contributed by atoms with van der Waals surface area (Å²) in [5.41, 5.74) is 2.96. The van der Waals surface area contributed by atoms with E-state index in [4.69, 9.17) is 4.74 Å². The number of aliphatic hydroxyl groups is 1. The van der Waals surface area contributed by atoms with Crippen LogP contribution in [-0.4, -0.2) is 50.1 Å². The molecule has 4 nitrogen and oxygen atoms in total. The average molecular weight is 162 g/mol. The topological polar surface area (TPSA) is 44.7 Å². The first-order valence-corrected chi connectivity index (χ1v) is 3.83. The minimum absolute atomic E-state index is 0.400. The van der Waals surface area contributed by atoms with Crippen LogP contribution < -0.4 is 5.43 Å². The van der Waals surface area contributed by atoms with Crippen LogP contribution in [0.3, 0.4) is 0 Å². The van der Waals surface area contributed by atoms with Gasteiger partial charge in [0, 0.05) is 27.2 Å². The standard InChI is InChI=1S/C7H18N2O2/c1-4-11-6-7(10)5-8-9(2)3/h7-8,10H,4-6H2,1-3H3. The highest BCUT2D eigenvalue weighted by Gasteiger charge is 2.02. The SMILES string of the molecule is CCOCC(O)CNN(C)C. The van der Waals surface area contributed by atoms with E-state index in [9.17, 15) is 5.11 Å². The predicted octanol–water partition coefficient (Wildman–Crippen LogP) is -0.550. The summed E-state index contributed by atoms with van der Waals surface area (Å²) in [7, 11) is 3.76. The van der Waals surface area contributed by atoms with Gasteiger partial charge in [0.2, 0.25) is 0 Å². The van der Waals surface area contributed by atoms with Gasteiger partial charge in [0.25, 0.3) is 0 Å². The quantitative estimate of drug-likeness (QED) is 0.514. The van der Waals surface area contributed by atoms with Crippen LogP contribution in [0.1, 0.15) is 6.92 Å². The minimum Gasteiger partial charge on any atom is -0.389 e. The normalized spacial score (nSPS) is 13.9. The molecule has 0 saturated carbocycles. The van der Waals surface area contributed by atoms with E-state index in [0.29, 0.717) is 19.8 Å². The fourth-order valence-electron chi connectivity index (χ4n) is 0.601.